The number of carbonyl (C=O) groups is 1. The van der Waals surface area contributed by atoms with E-state index in [0.29, 0.717) is 16.9 Å². The molecule has 1 aromatic heterocycles. The molecule has 3 heterocycles. The molecule has 27 heavy (non-hydrogen) atoms. The van der Waals surface area contributed by atoms with E-state index in [1.165, 1.54) is 24.2 Å². The van der Waals surface area contributed by atoms with Crippen molar-refractivity contribution in [2.75, 3.05) is 5.32 Å². The highest BCUT2D eigenvalue weighted by Crippen LogP contribution is 2.50. The zero-order chi connectivity index (χ0) is 18.2. The van der Waals surface area contributed by atoms with E-state index in [1.54, 1.807) is 11.8 Å². The van der Waals surface area contributed by atoms with Gasteiger partial charge < -0.3 is 16.0 Å². The third-order valence-electron chi connectivity index (χ3n) is 4.97. The van der Waals surface area contributed by atoms with Gasteiger partial charge in [0, 0.05) is 16.9 Å². The van der Waals surface area contributed by atoms with Gasteiger partial charge in [-0.05, 0) is 25.0 Å². The number of carbonyl (C=O) groups excluding carboxylic acids is 1. The number of fused-ring (bicyclic) bond motifs is 2. The lowest BCUT2D eigenvalue weighted by Gasteiger charge is -2.27. The van der Waals surface area contributed by atoms with E-state index in [2.05, 4.69) is 26.1 Å². The van der Waals surface area contributed by atoms with E-state index < -0.39 is 0 Å². The van der Waals surface area contributed by atoms with E-state index >= 15 is 0 Å². The molecule has 0 radical (unpaired) electrons. The molecule has 3 N–H and O–H groups in total. The van der Waals surface area contributed by atoms with Crippen LogP contribution in [0.15, 0.2) is 40.9 Å². The van der Waals surface area contributed by atoms with Crippen molar-refractivity contribution in [3.8, 4) is 0 Å². The van der Waals surface area contributed by atoms with E-state index in [0.717, 1.165) is 32.8 Å². The van der Waals surface area contributed by atoms with Crippen molar-refractivity contribution in [1.82, 2.24) is 20.8 Å². The third-order valence-corrected chi connectivity index (χ3v) is 8.44. The number of amides is 1. The zero-order valence-corrected chi connectivity index (χ0v) is 16.9. The summed E-state index contributed by atoms with van der Waals surface area (Å²) in [6.45, 7) is 0. The fourth-order valence-corrected chi connectivity index (χ4v) is 7.17. The minimum Gasteiger partial charge on any atom is -0.351 e. The summed E-state index contributed by atoms with van der Waals surface area (Å²) in [6.07, 6.45) is 3.60. The molecule has 0 spiro atoms. The highest BCUT2D eigenvalue weighted by molar-refractivity contribution is 8.04. The summed E-state index contributed by atoms with van der Waals surface area (Å²) in [7, 11) is 0. The Morgan fingerprint density at radius 3 is 2.96 bits per heavy atom. The maximum Gasteiger partial charge on any atom is 0.252 e. The van der Waals surface area contributed by atoms with Crippen molar-refractivity contribution in [2.24, 2.45) is 5.92 Å². The van der Waals surface area contributed by atoms with Crippen LogP contribution in [0, 0.1) is 5.92 Å². The highest BCUT2D eigenvalue weighted by Gasteiger charge is 2.44. The van der Waals surface area contributed by atoms with Crippen molar-refractivity contribution in [3.63, 3.8) is 0 Å². The standard InChI is InChI=1S/C18H19N5OS3/c24-15-14-11-7-4-8-12(11)26-16(14)21-17(20-15)25-9-13-22-23-18(27-13)19-10-5-2-1-3-6-10/h1-3,5-6,11-12,17,21H,4,7-9H2,(H,19,23)(H,20,24). The number of para-hydroxylation sites is 1. The largest absolute Gasteiger partial charge is 0.351 e. The number of anilines is 2. The minimum atomic E-state index is -0.114. The summed E-state index contributed by atoms with van der Waals surface area (Å²) in [5, 5.41) is 21.7. The van der Waals surface area contributed by atoms with Crippen LogP contribution in [-0.2, 0) is 10.5 Å². The second kappa shape index (κ2) is 7.37. The molecular weight excluding hydrogens is 398 g/mol. The Kier molecular flexibility index (Phi) is 4.75. The van der Waals surface area contributed by atoms with Crippen molar-refractivity contribution >= 4 is 51.6 Å². The summed E-state index contributed by atoms with van der Waals surface area (Å²) < 4.78 is 0. The molecular formula is C18H19N5OS3. The smallest absolute Gasteiger partial charge is 0.252 e. The SMILES string of the molecule is O=C1NC(SCc2nnc(Nc3ccccc3)s2)NC2=C1C1CCCC1S2. The Balaban J connectivity index is 1.19. The van der Waals surface area contributed by atoms with E-state index in [4.69, 9.17) is 0 Å². The molecule has 140 valence electrons. The molecule has 2 aromatic rings. The summed E-state index contributed by atoms with van der Waals surface area (Å²) in [6, 6.07) is 9.94. The van der Waals surface area contributed by atoms with E-state index in [-0.39, 0.29) is 11.4 Å². The zero-order valence-electron chi connectivity index (χ0n) is 14.5. The fourth-order valence-electron chi connectivity index (χ4n) is 3.76. The molecule has 5 rings (SSSR count). The van der Waals surface area contributed by atoms with Crippen LogP contribution in [0.1, 0.15) is 24.3 Å². The number of nitrogens with one attached hydrogen (secondary N) is 3. The average Bonchev–Trinajstić information content (AvgIpc) is 3.36. The van der Waals surface area contributed by atoms with Crippen LogP contribution >= 0.6 is 34.9 Å². The van der Waals surface area contributed by atoms with Gasteiger partial charge in [0.2, 0.25) is 5.13 Å². The first-order chi connectivity index (χ1) is 13.3. The molecule has 0 bridgehead atoms. The number of thioether (sulfide) groups is 2. The van der Waals surface area contributed by atoms with Crippen LogP contribution in [0.5, 0.6) is 0 Å². The van der Waals surface area contributed by atoms with Crippen molar-refractivity contribution in [1.29, 1.82) is 0 Å². The van der Waals surface area contributed by atoms with Gasteiger partial charge in [-0.15, -0.1) is 33.7 Å². The molecule has 1 amide bonds. The molecule has 6 nitrogen and oxygen atoms in total. The molecule has 1 saturated carbocycles. The Morgan fingerprint density at radius 1 is 1.19 bits per heavy atom. The fraction of sp³-hybridized carbons (Fsp3) is 0.389. The van der Waals surface area contributed by atoms with Crippen molar-refractivity contribution < 1.29 is 4.79 Å². The first-order valence-corrected chi connectivity index (χ1v) is 11.7. The van der Waals surface area contributed by atoms with Crippen LogP contribution in [0.2, 0.25) is 0 Å². The van der Waals surface area contributed by atoms with Gasteiger partial charge >= 0.3 is 0 Å². The first-order valence-electron chi connectivity index (χ1n) is 9.00. The lowest BCUT2D eigenvalue weighted by atomic mass is 9.97. The summed E-state index contributed by atoms with van der Waals surface area (Å²) in [4.78, 5) is 12.6. The predicted molar refractivity (Wildman–Crippen MR) is 112 cm³/mol. The summed E-state index contributed by atoms with van der Waals surface area (Å²) >= 11 is 5.04. The highest BCUT2D eigenvalue weighted by atomic mass is 32.2. The Bertz CT molecular complexity index is 884. The van der Waals surface area contributed by atoms with Gasteiger partial charge in [-0.25, -0.2) is 0 Å². The number of nitrogens with zero attached hydrogens (tertiary/aromatic N) is 2. The Morgan fingerprint density at radius 2 is 2.07 bits per heavy atom. The average molecular weight is 418 g/mol. The van der Waals surface area contributed by atoms with Gasteiger partial charge in [0.1, 0.15) is 10.5 Å². The molecule has 1 aliphatic carbocycles. The maximum absolute atomic E-state index is 12.6. The minimum absolute atomic E-state index is 0.104. The first kappa shape index (κ1) is 17.4. The molecule has 2 aliphatic heterocycles. The lowest BCUT2D eigenvalue weighted by Crippen LogP contribution is -2.48. The molecule has 1 aromatic carbocycles. The number of hydrogen-bond donors (Lipinski definition) is 3. The molecule has 3 atom stereocenters. The van der Waals surface area contributed by atoms with E-state index in [1.807, 2.05) is 42.1 Å². The van der Waals surface area contributed by atoms with Gasteiger partial charge in [0.15, 0.2) is 0 Å². The van der Waals surface area contributed by atoms with Crippen LogP contribution in [0.25, 0.3) is 0 Å². The second-order valence-electron chi connectivity index (χ2n) is 6.74. The lowest BCUT2D eigenvalue weighted by molar-refractivity contribution is -0.118. The number of benzene rings is 1. The van der Waals surface area contributed by atoms with Crippen LogP contribution in [0.4, 0.5) is 10.8 Å². The normalized spacial score (nSPS) is 26.4. The van der Waals surface area contributed by atoms with E-state index in [9.17, 15) is 4.79 Å². The number of hydrogen-bond acceptors (Lipinski definition) is 8. The van der Waals surface area contributed by atoms with Gasteiger partial charge in [-0.1, -0.05) is 36.0 Å². The van der Waals surface area contributed by atoms with Crippen LogP contribution in [-0.4, -0.2) is 26.9 Å². The number of rotatable bonds is 5. The van der Waals surface area contributed by atoms with Gasteiger partial charge in [0.05, 0.1) is 16.4 Å². The van der Waals surface area contributed by atoms with Gasteiger partial charge in [-0.2, -0.15) is 0 Å². The second-order valence-corrected chi connectivity index (χ2v) is 10.1. The predicted octanol–water partition coefficient (Wildman–Crippen LogP) is 3.65. The summed E-state index contributed by atoms with van der Waals surface area (Å²) in [5.41, 5.74) is 1.87. The third kappa shape index (κ3) is 3.55. The van der Waals surface area contributed by atoms with Gasteiger partial charge in [0.25, 0.3) is 5.91 Å². The summed E-state index contributed by atoms with van der Waals surface area (Å²) in [5.74, 6) is 1.25. The monoisotopic (exact) mass is 417 g/mol. The van der Waals surface area contributed by atoms with Crippen LogP contribution < -0.4 is 16.0 Å². The van der Waals surface area contributed by atoms with Crippen molar-refractivity contribution in [2.45, 2.75) is 35.8 Å². The molecule has 9 heteroatoms. The molecule has 0 saturated heterocycles. The van der Waals surface area contributed by atoms with Gasteiger partial charge in [-0.3, -0.25) is 4.79 Å². The number of aromatic nitrogens is 2. The topological polar surface area (TPSA) is 78.9 Å². The molecule has 3 aliphatic rings. The van der Waals surface area contributed by atoms with Crippen LogP contribution in [0.3, 0.4) is 0 Å². The van der Waals surface area contributed by atoms with Crippen molar-refractivity contribution in [3.05, 3.63) is 45.9 Å². The molecule has 3 unspecified atom stereocenters. The Hall–Kier alpha value is -1.71. The quantitative estimate of drug-likeness (QED) is 0.685. The maximum atomic E-state index is 12.6. The molecule has 1 fully saturated rings. The Labute approximate surface area is 170 Å².